The van der Waals surface area contributed by atoms with E-state index in [0.717, 1.165) is 54.5 Å². The molecule has 1 heterocycles. The Morgan fingerprint density at radius 2 is 1.38 bits per heavy atom. The van der Waals surface area contributed by atoms with Gasteiger partial charge in [-0.1, -0.05) is 66.2 Å². The molecule has 0 saturated heterocycles. The van der Waals surface area contributed by atoms with Gasteiger partial charge in [-0.2, -0.15) is 0 Å². The first-order valence-electron chi connectivity index (χ1n) is 10.5. The molecule has 0 spiro atoms. The highest BCUT2D eigenvalue weighted by Gasteiger charge is 2.40. The minimum absolute atomic E-state index is 0.654. The molecule has 0 fully saturated rings. The maximum atomic E-state index is 13.1. The lowest BCUT2D eigenvalue weighted by Crippen LogP contribution is -2.07. The minimum Gasteiger partial charge on any atom is -0.326 e. The minimum atomic E-state index is 0.654. The van der Waals surface area contributed by atoms with Gasteiger partial charge in [0, 0.05) is 10.6 Å². The molecule has 154 valence electrons. The molecule has 32 heavy (non-hydrogen) atoms. The lowest BCUT2D eigenvalue weighted by Gasteiger charge is -2.07. The lowest BCUT2D eigenvalue weighted by molar-refractivity contribution is -0.411. The predicted molar refractivity (Wildman–Crippen MR) is 132 cm³/mol. The average molecular weight is 435 g/mol. The highest BCUT2D eigenvalue weighted by molar-refractivity contribution is 8.00. The maximum Gasteiger partial charge on any atom is 0.310 e. The van der Waals surface area contributed by atoms with Crippen molar-refractivity contribution in [2.75, 3.05) is 10.1 Å². The van der Waals surface area contributed by atoms with E-state index in [1.807, 2.05) is 42.5 Å². The molecule has 0 atom stereocenters. The largest absolute Gasteiger partial charge is 0.326 e. The van der Waals surface area contributed by atoms with E-state index < -0.39 is 0 Å². The molecule has 0 radical (unpaired) electrons. The number of anilines is 2. The summed E-state index contributed by atoms with van der Waals surface area (Å²) in [6, 6.07) is 31.0. The van der Waals surface area contributed by atoms with Crippen molar-refractivity contribution in [3.8, 4) is 11.1 Å². The Kier molecular flexibility index (Phi) is 4.37. The summed E-state index contributed by atoms with van der Waals surface area (Å²) in [7, 11) is 0. The first-order chi connectivity index (χ1) is 15.7. The summed E-state index contributed by atoms with van der Waals surface area (Å²) in [6.45, 7) is 2.08. The van der Waals surface area contributed by atoms with Crippen LogP contribution in [-0.4, -0.2) is 4.87 Å². The van der Waals surface area contributed by atoms with Gasteiger partial charge in [0.05, 0.1) is 16.0 Å². The Morgan fingerprint density at radius 3 is 2.03 bits per heavy atom. The van der Waals surface area contributed by atoms with Crippen LogP contribution in [0.5, 0.6) is 0 Å². The highest BCUT2D eigenvalue weighted by Crippen LogP contribution is 2.49. The zero-order valence-electron chi connectivity index (χ0n) is 17.4. The third kappa shape index (κ3) is 3.01. The number of hydrogen-bond acceptors (Lipinski definition) is 3. The second-order valence-electron chi connectivity index (χ2n) is 8.00. The van der Waals surface area contributed by atoms with E-state index in [1.54, 1.807) is 11.9 Å². The van der Waals surface area contributed by atoms with E-state index in [1.165, 1.54) is 5.56 Å². The van der Waals surface area contributed by atoms with Crippen LogP contribution in [0.4, 0.5) is 11.4 Å². The van der Waals surface area contributed by atoms with Gasteiger partial charge in [-0.15, -0.1) is 5.43 Å². The number of hydrogen-bond donors (Lipinski definition) is 2. The predicted octanol–water partition coefficient (Wildman–Crippen LogP) is 7.13. The van der Waals surface area contributed by atoms with Gasteiger partial charge in [0.25, 0.3) is 0 Å². The Labute approximate surface area is 190 Å². The monoisotopic (exact) mass is 434 g/mol. The van der Waals surface area contributed by atoms with Crippen molar-refractivity contribution in [1.82, 2.24) is 0 Å². The summed E-state index contributed by atoms with van der Waals surface area (Å²) in [6.07, 6.45) is 0. The molecule has 4 aromatic carbocycles. The summed E-state index contributed by atoms with van der Waals surface area (Å²) in [5.41, 5.74) is 13.0. The SMILES string of the molecule is Cc1ccc(SNc2ccc3c(c2)C(=C2c4ccccc4-c4ccccc42)[N+](=O)N3)cc1. The molecule has 0 amide bonds. The number of hydrazine groups is 1. The molecule has 0 unspecified atom stereocenters. The van der Waals surface area contributed by atoms with E-state index >= 15 is 0 Å². The van der Waals surface area contributed by atoms with Crippen molar-refractivity contribution < 1.29 is 4.87 Å². The van der Waals surface area contributed by atoms with Gasteiger partial charge in [0.2, 0.25) is 0 Å². The van der Waals surface area contributed by atoms with Crippen LogP contribution in [0.15, 0.2) is 95.9 Å². The van der Waals surface area contributed by atoms with Crippen molar-refractivity contribution >= 4 is 34.6 Å². The van der Waals surface area contributed by atoms with Crippen LogP contribution in [0.2, 0.25) is 0 Å². The second kappa shape index (κ2) is 7.39. The fraction of sp³-hybridized carbons (Fsp3) is 0.0370. The highest BCUT2D eigenvalue weighted by atomic mass is 32.2. The summed E-state index contributed by atoms with van der Waals surface area (Å²) in [5, 5.41) is 0. The number of rotatable bonds is 3. The summed E-state index contributed by atoms with van der Waals surface area (Å²) in [5.74, 6) is 0. The van der Waals surface area contributed by atoms with Crippen molar-refractivity contribution in [2.24, 2.45) is 0 Å². The van der Waals surface area contributed by atoms with Crippen LogP contribution in [0.3, 0.4) is 0 Å². The molecule has 0 aromatic heterocycles. The van der Waals surface area contributed by atoms with Crippen molar-refractivity contribution in [2.45, 2.75) is 11.8 Å². The summed E-state index contributed by atoms with van der Waals surface area (Å²) in [4.78, 5) is 15.1. The third-order valence-electron chi connectivity index (χ3n) is 5.93. The smallest absolute Gasteiger partial charge is 0.310 e. The van der Waals surface area contributed by atoms with Crippen LogP contribution in [0, 0.1) is 11.8 Å². The van der Waals surface area contributed by atoms with E-state index in [2.05, 4.69) is 65.6 Å². The Hall–Kier alpha value is -3.83. The van der Waals surface area contributed by atoms with Gasteiger partial charge in [0.15, 0.2) is 4.87 Å². The average Bonchev–Trinajstić information content (AvgIpc) is 3.32. The Balaban J connectivity index is 1.45. The normalized spacial score (nSPS) is 13.5. The molecule has 0 bridgehead atoms. The van der Waals surface area contributed by atoms with Gasteiger partial charge in [-0.05, 0) is 71.5 Å². The van der Waals surface area contributed by atoms with Gasteiger partial charge in [-0.25, -0.2) is 0 Å². The number of nitroso groups, excluding NO2 is 1. The Morgan fingerprint density at radius 1 is 0.750 bits per heavy atom. The molecular weight excluding hydrogens is 414 g/mol. The molecule has 2 N–H and O–H groups in total. The van der Waals surface area contributed by atoms with E-state index in [-0.39, 0.29) is 0 Å². The standard InChI is InChI=1S/C27H20N3OS/c1-17-10-13-19(14-11-17)32-29-18-12-15-25-24(16-18)27(30(31)28-25)26-22-8-4-2-6-20(22)21-7-3-5-9-23(21)26/h2-16,29H,1H3,(H,28,31)/q+1. The van der Waals surface area contributed by atoms with Gasteiger partial charge in [-0.3, -0.25) is 0 Å². The first kappa shape index (κ1) is 18.9. The molecular formula is C27H20N3OS+. The van der Waals surface area contributed by atoms with Crippen molar-refractivity contribution in [3.63, 3.8) is 0 Å². The molecule has 4 aromatic rings. The van der Waals surface area contributed by atoms with Gasteiger partial charge in [0.1, 0.15) is 5.69 Å². The topological polar surface area (TPSA) is 44.1 Å². The molecule has 1 aliphatic heterocycles. The summed E-state index contributed by atoms with van der Waals surface area (Å²) >= 11 is 1.56. The van der Waals surface area contributed by atoms with Crippen LogP contribution in [0.1, 0.15) is 22.3 Å². The fourth-order valence-corrected chi connectivity index (χ4v) is 5.04. The third-order valence-corrected chi connectivity index (χ3v) is 6.77. The lowest BCUT2D eigenvalue weighted by atomic mass is 9.98. The fourth-order valence-electron chi connectivity index (χ4n) is 4.41. The quantitative estimate of drug-likeness (QED) is 0.234. The number of benzene rings is 4. The number of nitrogens with zero attached hydrogens (tertiary/aromatic N) is 1. The van der Waals surface area contributed by atoms with E-state index in [4.69, 9.17) is 0 Å². The number of nitrogens with one attached hydrogen (secondary N) is 2. The van der Waals surface area contributed by atoms with Crippen LogP contribution >= 0.6 is 11.9 Å². The number of aryl methyl sites for hydroxylation is 1. The van der Waals surface area contributed by atoms with Gasteiger partial charge < -0.3 is 4.72 Å². The van der Waals surface area contributed by atoms with E-state index in [0.29, 0.717) is 5.70 Å². The molecule has 4 nitrogen and oxygen atoms in total. The maximum absolute atomic E-state index is 13.1. The Bertz CT molecular complexity index is 1380. The molecule has 0 saturated carbocycles. The zero-order chi connectivity index (χ0) is 21.7. The molecule has 1 aliphatic carbocycles. The van der Waals surface area contributed by atoms with Crippen LogP contribution in [-0.2, 0) is 0 Å². The molecule has 5 heteroatoms. The van der Waals surface area contributed by atoms with Gasteiger partial charge >= 0.3 is 5.70 Å². The number of fused-ring (bicyclic) bond motifs is 4. The zero-order valence-corrected chi connectivity index (χ0v) is 18.2. The van der Waals surface area contributed by atoms with Crippen LogP contribution < -0.4 is 10.1 Å². The van der Waals surface area contributed by atoms with Crippen molar-refractivity contribution in [3.05, 3.63) is 118 Å². The second-order valence-corrected chi connectivity index (χ2v) is 8.88. The summed E-state index contributed by atoms with van der Waals surface area (Å²) < 4.78 is 3.42. The molecule has 2 aliphatic rings. The van der Waals surface area contributed by atoms with Crippen molar-refractivity contribution in [1.29, 1.82) is 0 Å². The first-order valence-corrected chi connectivity index (χ1v) is 11.3. The van der Waals surface area contributed by atoms with Crippen LogP contribution in [0.25, 0.3) is 22.4 Å². The molecule has 6 rings (SSSR count). The van der Waals surface area contributed by atoms with E-state index in [9.17, 15) is 4.91 Å².